The number of carbonyl (C=O) groups excluding carboxylic acids is 1. The summed E-state index contributed by atoms with van der Waals surface area (Å²) in [4.78, 5) is 11.2. The Morgan fingerprint density at radius 2 is 1.91 bits per heavy atom. The highest BCUT2D eigenvalue weighted by atomic mass is 16.6. The van der Waals surface area contributed by atoms with Crippen LogP contribution >= 0.6 is 0 Å². The van der Waals surface area contributed by atoms with Gasteiger partial charge in [0.25, 0.3) is 0 Å². The van der Waals surface area contributed by atoms with Crippen LogP contribution < -0.4 is 16.0 Å². The first kappa shape index (κ1) is 15.9. The summed E-state index contributed by atoms with van der Waals surface area (Å²) in [6.07, 6.45) is -0.425. The fourth-order valence-corrected chi connectivity index (χ4v) is 2.32. The maximum Gasteiger partial charge on any atom is 0.421 e. The third-order valence-corrected chi connectivity index (χ3v) is 3.32. The number of hydrazine groups is 1. The molecule has 0 aromatic heterocycles. The summed E-state index contributed by atoms with van der Waals surface area (Å²) in [7, 11) is 1.62. The van der Waals surface area contributed by atoms with Crippen LogP contribution in [-0.4, -0.2) is 19.3 Å². The average Bonchev–Trinajstić information content (AvgIpc) is 2.55. The molecule has 0 aliphatic carbocycles. The standard InChI is InChI=1S/C17H20N2O3/c1-12(22-17(20)19-18)10-15-11-14(8-9-16(15)21-2)13-6-4-3-5-7-13/h3-9,11-12H,10,18H2,1-2H3,(H,19,20). The molecule has 5 nitrogen and oxygen atoms in total. The van der Waals surface area contributed by atoms with E-state index in [1.165, 1.54) is 0 Å². The van der Waals surface area contributed by atoms with E-state index in [4.69, 9.17) is 15.3 Å². The molecule has 0 saturated carbocycles. The molecule has 116 valence electrons. The van der Waals surface area contributed by atoms with E-state index in [1.54, 1.807) is 7.11 Å². The number of ether oxygens (including phenoxy) is 2. The van der Waals surface area contributed by atoms with Crippen molar-refractivity contribution in [2.24, 2.45) is 5.84 Å². The van der Waals surface area contributed by atoms with Crippen molar-refractivity contribution in [3.63, 3.8) is 0 Å². The Hall–Kier alpha value is -2.53. The summed E-state index contributed by atoms with van der Waals surface area (Å²) in [6.45, 7) is 1.81. The number of hydrogen-bond acceptors (Lipinski definition) is 4. The van der Waals surface area contributed by atoms with Gasteiger partial charge in [0.15, 0.2) is 0 Å². The van der Waals surface area contributed by atoms with Crippen molar-refractivity contribution >= 4 is 6.09 Å². The second kappa shape index (κ2) is 7.47. The average molecular weight is 300 g/mol. The van der Waals surface area contributed by atoms with Crippen LogP contribution in [0.15, 0.2) is 48.5 Å². The van der Waals surface area contributed by atoms with Crippen molar-refractivity contribution in [2.45, 2.75) is 19.4 Å². The Kier molecular flexibility index (Phi) is 5.38. The Labute approximate surface area is 130 Å². The Morgan fingerprint density at radius 3 is 2.55 bits per heavy atom. The lowest BCUT2D eigenvalue weighted by atomic mass is 9.99. The minimum absolute atomic E-state index is 0.316. The molecule has 2 rings (SSSR count). The zero-order valence-corrected chi connectivity index (χ0v) is 12.7. The van der Waals surface area contributed by atoms with Crippen LogP contribution in [0.1, 0.15) is 12.5 Å². The lowest BCUT2D eigenvalue weighted by Gasteiger charge is -2.16. The second-order valence-electron chi connectivity index (χ2n) is 4.96. The van der Waals surface area contributed by atoms with Crippen LogP contribution in [0.3, 0.4) is 0 Å². The first-order chi connectivity index (χ1) is 10.6. The van der Waals surface area contributed by atoms with E-state index in [-0.39, 0.29) is 6.10 Å². The van der Waals surface area contributed by atoms with Gasteiger partial charge in [-0.05, 0) is 35.7 Å². The molecule has 1 unspecified atom stereocenters. The fourth-order valence-electron chi connectivity index (χ4n) is 2.32. The molecule has 0 spiro atoms. The summed E-state index contributed by atoms with van der Waals surface area (Å²) < 4.78 is 10.5. The third-order valence-electron chi connectivity index (χ3n) is 3.32. The summed E-state index contributed by atoms with van der Waals surface area (Å²) >= 11 is 0. The van der Waals surface area contributed by atoms with Crippen LogP contribution in [0.4, 0.5) is 4.79 Å². The molecular weight excluding hydrogens is 280 g/mol. The van der Waals surface area contributed by atoms with Gasteiger partial charge in [-0.3, -0.25) is 5.43 Å². The smallest absolute Gasteiger partial charge is 0.421 e. The number of nitrogens with one attached hydrogen (secondary N) is 1. The number of hydrogen-bond donors (Lipinski definition) is 2. The van der Waals surface area contributed by atoms with E-state index in [0.29, 0.717) is 6.42 Å². The summed E-state index contributed by atoms with van der Waals surface area (Å²) in [5, 5.41) is 0. The molecule has 0 aliphatic rings. The van der Waals surface area contributed by atoms with Crippen LogP contribution in [0, 0.1) is 0 Å². The van der Waals surface area contributed by atoms with Gasteiger partial charge in [0.2, 0.25) is 0 Å². The van der Waals surface area contributed by atoms with Crippen molar-refractivity contribution in [3.8, 4) is 16.9 Å². The molecule has 0 fully saturated rings. The van der Waals surface area contributed by atoms with Gasteiger partial charge in [-0.25, -0.2) is 10.6 Å². The second-order valence-corrected chi connectivity index (χ2v) is 4.96. The largest absolute Gasteiger partial charge is 0.496 e. The monoisotopic (exact) mass is 300 g/mol. The molecule has 1 atom stereocenters. The molecule has 1 amide bonds. The summed E-state index contributed by atoms with van der Waals surface area (Å²) in [6, 6.07) is 16.1. The topological polar surface area (TPSA) is 73.6 Å². The lowest BCUT2D eigenvalue weighted by molar-refractivity contribution is 0.107. The first-order valence-electron chi connectivity index (χ1n) is 7.03. The zero-order chi connectivity index (χ0) is 15.9. The summed E-state index contributed by atoms with van der Waals surface area (Å²) in [5.41, 5.74) is 5.14. The molecule has 0 aliphatic heterocycles. The highest BCUT2D eigenvalue weighted by Gasteiger charge is 2.13. The van der Waals surface area contributed by atoms with Crippen LogP contribution in [0.5, 0.6) is 5.75 Å². The van der Waals surface area contributed by atoms with E-state index < -0.39 is 6.09 Å². The van der Waals surface area contributed by atoms with E-state index in [1.807, 2.05) is 60.9 Å². The van der Waals surface area contributed by atoms with Gasteiger partial charge in [0.05, 0.1) is 7.11 Å². The van der Waals surface area contributed by atoms with Gasteiger partial charge < -0.3 is 9.47 Å². The van der Waals surface area contributed by atoms with E-state index in [0.717, 1.165) is 22.4 Å². The first-order valence-corrected chi connectivity index (χ1v) is 7.03. The molecule has 2 aromatic rings. The molecule has 0 saturated heterocycles. The molecule has 3 N–H and O–H groups in total. The predicted octanol–water partition coefficient (Wildman–Crippen LogP) is 2.89. The number of amides is 1. The van der Waals surface area contributed by atoms with Gasteiger partial charge in [0, 0.05) is 6.42 Å². The van der Waals surface area contributed by atoms with Crippen molar-refractivity contribution in [2.75, 3.05) is 7.11 Å². The normalized spacial score (nSPS) is 11.6. The number of nitrogens with two attached hydrogens (primary N) is 1. The molecular formula is C17H20N2O3. The Balaban J connectivity index is 2.23. The Morgan fingerprint density at radius 1 is 1.18 bits per heavy atom. The number of rotatable bonds is 5. The summed E-state index contributed by atoms with van der Waals surface area (Å²) in [5.74, 6) is 5.79. The maximum atomic E-state index is 11.2. The lowest BCUT2D eigenvalue weighted by Crippen LogP contribution is -2.33. The zero-order valence-electron chi connectivity index (χ0n) is 12.7. The quantitative estimate of drug-likeness (QED) is 0.506. The van der Waals surface area contributed by atoms with Gasteiger partial charge in [-0.15, -0.1) is 0 Å². The molecule has 5 heteroatoms. The molecule has 0 radical (unpaired) electrons. The number of methoxy groups -OCH3 is 1. The molecule has 0 heterocycles. The van der Waals surface area contributed by atoms with Gasteiger partial charge in [0.1, 0.15) is 11.9 Å². The van der Waals surface area contributed by atoms with E-state index in [9.17, 15) is 4.79 Å². The van der Waals surface area contributed by atoms with Crippen LogP contribution in [-0.2, 0) is 11.2 Å². The molecule has 0 bridgehead atoms. The minimum atomic E-state index is -0.648. The highest BCUT2D eigenvalue weighted by molar-refractivity contribution is 5.67. The minimum Gasteiger partial charge on any atom is -0.496 e. The SMILES string of the molecule is COc1ccc(-c2ccccc2)cc1CC(C)OC(=O)NN. The molecule has 22 heavy (non-hydrogen) atoms. The van der Waals surface area contributed by atoms with Crippen molar-refractivity contribution in [1.82, 2.24) is 5.43 Å². The van der Waals surface area contributed by atoms with Crippen molar-refractivity contribution in [1.29, 1.82) is 0 Å². The highest BCUT2D eigenvalue weighted by Crippen LogP contribution is 2.27. The fraction of sp³-hybridized carbons (Fsp3) is 0.235. The van der Waals surface area contributed by atoms with Crippen molar-refractivity contribution < 1.29 is 14.3 Å². The van der Waals surface area contributed by atoms with E-state index >= 15 is 0 Å². The predicted molar refractivity (Wildman–Crippen MR) is 85.4 cm³/mol. The molecule has 2 aromatic carbocycles. The number of carbonyl (C=O) groups is 1. The van der Waals surface area contributed by atoms with Gasteiger partial charge >= 0.3 is 6.09 Å². The van der Waals surface area contributed by atoms with Crippen LogP contribution in [0.2, 0.25) is 0 Å². The Bertz CT molecular complexity index is 629. The van der Waals surface area contributed by atoms with E-state index in [2.05, 4.69) is 0 Å². The third kappa shape index (κ3) is 3.99. The number of benzene rings is 2. The maximum absolute atomic E-state index is 11.2. The van der Waals surface area contributed by atoms with Crippen LogP contribution in [0.25, 0.3) is 11.1 Å². The van der Waals surface area contributed by atoms with Crippen molar-refractivity contribution in [3.05, 3.63) is 54.1 Å². The van der Waals surface area contributed by atoms with Gasteiger partial charge in [-0.1, -0.05) is 36.4 Å². The van der Waals surface area contributed by atoms with Gasteiger partial charge in [-0.2, -0.15) is 0 Å².